The predicted molar refractivity (Wildman–Crippen MR) is 59.7 cm³/mol. The van der Waals surface area contributed by atoms with Gasteiger partial charge in [0.1, 0.15) is 6.10 Å². The Labute approximate surface area is 97.8 Å². The second-order valence-electron chi connectivity index (χ2n) is 3.89. The zero-order valence-electron chi connectivity index (χ0n) is 8.85. The summed E-state index contributed by atoms with van der Waals surface area (Å²) in [6.07, 6.45) is 0.973. The van der Waals surface area contributed by atoms with Gasteiger partial charge >= 0.3 is 0 Å². The molecular weight excluding hydrogens is 230 g/mol. The van der Waals surface area contributed by atoms with E-state index in [4.69, 9.17) is 10.6 Å². The third kappa shape index (κ3) is 2.47. The Morgan fingerprint density at radius 1 is 1.62 bits per heavy atom. The molecule has 3 N–H and O–H groups in total. The zero-order chi connectivity index (χ0) is 11.5. The van der Waals surface area contributed by atoms with Crippen LogP contribution in [0.15, 0.2) is 0 Å². The van der Waals surface area contributed by atoms with E-state index in [0.29, 0.717) is 13.0 Å². The van der Waals surface area contributed by atoms with Gasteiger partial charge in [-0.1, -0.05) is 11.8 Å². The van der Waals surface area contributed by atoms with E-state index in [2.05, 4.69) is 5.43 Å². The molecule has 2 aliphatic rings. The minimum atomic E-state index is -0.458. The van der Waals surface area contributed by atoms with Gasteiger partial charge in [-0.15, -0.1) is 0 Å². The number of nitrogens with zero attached hydrogens (tertiary/aromatic N) is 1. The van der Waals surface area contributed by atoms with Crippen LogP contribution in [-0.2, 0) is 9.53 Å². The molecule has 0 saturated carbocycles. The fourth-order valence-corrected chi connectivity index (χ4v) is 2.80. The number of hydrazine groups is 1. The molecule has 2 saturated heterocycles. The highest BCUT2D eigenvalue weighted by Gasteiger charge is 2.33. The normalized spacial score (nSPS) is 29.8. The van der Waals surface area contributed by atoms with Crippen LogP contribution >= 0.6 is 11.8 Å². The largest absolute Gasteiger partial charge is 0.363 e. The Hall–Kier alpha value is -0.790. The minimum absolute atomic E-state index is 0.0371. The third-order valence-corrected chi connectivity index (χ3v) is 3.70. The molecule has 2 amide bonds. The predicted octanol–water partition coefficient (Wildman–Crippen LogP) is -0.307. The van der Waals surface area contributed by atoms with Crippen molar-refractivity contribution < 1.29 is 14.3 Å². The minimum Gasteiger partial charge on any atom is -0.363 e. The molecule has 2 heterocycles. The van der Waals surface area contributed by atoms with Crippen molar-refractivity contribution in [2.75, 3.05) is 18.8 Å². The monoisotopic (exact) mass is 245 g/mol. The molecule has 2 atom stereocenters. The molecule has 0 bridgehead atoms. The molecule has 0 aliphatic carbocycles. The maximum Gasteiger partial charge on any atom is 0.281 e. The first-order chi connectivity index (χ1) is 7.70. The van der Waals surface area contributed by atoms with Crippen LogP contribution in [0.2, 0.25) is 0 Å². The molecule has 0 spiro atoms. The summed E-state index contributed by atoms with van der Waals surface area (Å²) in [5.41, 5.74) is 2.08. The molecule has 90 valence electrons. The summed E-state index contributed by atoms with van der Waals surface area (Å²) in [5.74, 6) is 5.59. The molecule has 0 radical (unpaired) electrons. The Morgan fingerprint density at radius 2 is 2.44 bits per heavy atom. The standard InChI is InChI=1S/C9H15N3O3S/c10-11-8(13)7-2-1-6(15-7)5-12-3-4-16-9(12)14/h6-7H,1-5,10H2,(H,11,13). The molecule has 0 aromatic rings. The van der Waals surface area contributed by atoms with E-state index in [1.54, 1.807) is 4.90 Å². The molecule has 0 aromatic heterocycles. The van der Waals surface area contributed by atoms with E-state index >= 15 is 0 Å². The van der Waals surface area contributed by atoms with Gasteiger partial charge in [-0.3, -0.25) is 15.0 Å². The summed E-state index contributed by atoms with van der Waals surface area (Å²) in [6.45, 7) is 1.36. The molecule has 16 heavy (non-hydrogen) atoms. The van der Waals surface area contributed by atoms with Crippen LogP contribution in [0, 0.1) is 0 Å². The summed E-state index contributed by atoms with van der Waals surface area (Å²) in [5, 5.41) is 0.107. The number of carbonyl (C=O) groups excluding carboxylic acids is 2. The highest BCUT2D eigenvalue weighted by atomic mass is 32.2. The first-order valence-corrected chi connectivity index (χ1v) is 6.27. The van der Waals surface area contributed by atoms with Gasteiger partial charge in [0.25, 0.3) is 11.1 Å². The van der Waals surface area contributed by atoms with Gasteiger partial charge in [0.15, 0.2) is 0 Å². The van der Waals surface area contributed by atoms with Crippen molar-refractivity contribution in [1.82, 2.24) is 10.3 Å². The molecule has 2 unspecified atom stereocenters. The van der Waals surface area contributed by atoms with Gasteiger partial charge < -0.3 is 9.64 Å². The zero-order valence-corrected chi connectivity index (χ0v) is 9.66. The van der Waals surface area contributed by atoms with Crippen LogP contribution in [0.4, 0.5) is 4.79 Å². The van der Waals surface area contributed by atoms with Crippen molar-refractivity contribution >= 4 is 22.9 Å². The molecule has 2 fully saturated rings. The van der Waals surface area contributed by atoms with Crippen LogP contribution in [0.5, 0.6) is 0 Å². The second-order valence-corrected chi connectivity index (χ2v) is 4.94. The van der Waals surface area contributed by atoms with E-state index in [1.165, 1.54) is 11.8 Å². The van der Waals surface area contributed by atoms with Crippen LogP contribution < -0.4 is 11.3 Å². The van der Waals surface area contributed by atoms with Crippen LogP contribution in [0.1, 0.15) is 12.8 Å². The van der Waals surface area contributed by atoms with Gasteiger partial charge in [-0.05, 0) is 12.8 Å². The van der Waals surface area contributed by atoms with Gasteiger partial charge in [-0.25, -0.2) is 5.84 Å². The number of ether oxygens (including phenoxy) is 1. The van der Waals surface area contributed by atoms with Crippen LogP contribution in [0.3, 0.4) is 0 Å². The number of amides is 2. The van der Waals surface area contributed by atoms with Gasteiger partial charge in [0, 0.05) is 18.8 Å². The highest BCUT2D eigenvalue weighted by Crippen LogP contribution is 2.24. The van der Waals surface area contributed by atoms with Crippen LogP contribution in [-0.4, -0.2) is 47.1 Å². The highest BCUT2D eigenvalue weighted by molar-refractivity contribution is 8.13. The van der Waals surface area contributed by atoms with Crippen molar-refractivity contribution in [3.05, 3.63) is 0 Å². The number of hydrogen-bond acceptors (Lipinski definition) is 5. The maximum absolute atomic E-state index is 11.4. The van der Waals surface area contributed by atoms with Crippen molar-refractivity contribution in [2.45, 2.75) is 25.0 Å². The molecule has 2 rings (SSSR count). The summed E-state index contributed by atoms with van der Waals surface area (Å²) >= 11 is 1.33. The fourth-order valence-electron chi connectivity index (χ4n) is 1.96. The lowest BCUT2D eigenvalue weighted by molar-refractivity contribution is -0.132. The van der Waals surface area contributed by atoms with E-state index in [1.807, 2.05) is 0 Å². The molecular formula is C9H15N3O3S. The number of hydrogen-bond donors (Lipinski definition) is 2. The Morgan fingerprint density at radius 3 is 3.06 bits per heavy atom. The Bertz CT molecular complexity index is 300. The number of carbonyl (C=O) groups is 2. The number of thioether (sulfide) groups is 1. The Balaban J connectivity index is 1.80. The summed E-state index contributed by atoms with van der Waals surface area (Å²) in [4.78, 5) is 24.4. The maximum atomic E-state index is 11.4. The van der Waals surface area contributed by atoms with Crippen molar-refractivity contribution in [2.24, 2.45) is 5.84 Å². The van der Waals surface area contributed by atoms with Gasteiger partial charge in [0.05, 0.1) is 6.10 Å². The fraction of sp³-hybridized carbons (Fsp3) is 0.778. The second kappa shape index (κ2) is 5.03. The topological polar surface area (TPSA) is 84.7 Å². The molecule has 6 nitrogen and oxygen atoms in total. The lowest BCUT2D eigenvalue weighted by atomic mass is 10.2. The van der Waals surface area contributed by atoms with Crippen LogP contribution in [0.25, 0.3) is 0 Å². The summed E-state index contributed by atoms with van der Waals surface area (Å²) in [6, 6.07) is 0. The first kappa shape index (κ1) is 11.7. The van der Waals surface area contributed by atoms with Gasteiger partial charge in [-0.2, -0.15) is 0 Å². The van der Waals surface area contributed by atoms with Crippen molar-refractivity contribution in [1.29, 1.82) is 0 Å². The Kier molecular flexibility index (Phi) is 3.67. The van der Waals surface area contributed by atoms with E-state index in [0.717, 1.165) is 18.7 Å². The molecule has 2 aliphatic heterocycles. The van der Waals surface area contributed by atoms with Gasteiger partial charge in [0.2, 0.25) is 0 Å². The average Bonchev–Trinajstić information content (AvgIpc) is 2.89. The quantitative estimate of drug-likeness (QED) is 0.405. The number of nitrogens with two attached hydrogens (primary N) is 1. The SMILES string of the molecule is NNC(=O)C1CCC(CN2CCSC2=O)O1. The first-order valence-electron chi connectivity index (χ1n) is 5.28. The smallest absolute Gasteiger partial charge is 0.281 e. The number of rotatable bonds is 3. The molecule has 7 heteroatoms. The number of nitrogens with one attached hydrogen (secondary N) is 1. The van der Waals surface area contributed by atoms with E-state index in [9.17, 15) is 9.59 Å². The molecule has 0 aromatic carbocycles. The average molecular weight is 245 g/mol. The summed E-state index contributed by atoms with van der Waals surface area (Å²) in [7, 11) is 0. The third-order valence-electron chi connectivity index (χ3n) is 2.81. The van der Waals surface area contributed by atoms with Crippen molar-refractivity contribution in [3.63, 3.8) is 0 Å². The van der Waals surface area contributed by atoms with E-state index in [-0.39, 0.29) is 17.3 Å². The summed E-state index contributed by atoms with van der Waals surface area (Å²) < 4.78 is 5.53. The van der Waals surface area contributed by atoms with E-state index < -0.39 is 6.10 Å². The van der Waals surface area contributed by atoms with Crippen molar-refractivity contribution in [3.8, 4) is 0 Å². The lowest BCUT2D eigenvalue weighted by Crippen LogP contribution is -2.40. The lowest BCUT2D eigenvalue weighted by Gasteiger charge is -2.19.